The molecule has 212 valence electrons. The van der Waals surface area contributed by atoms with Crippen molar-refractivity contribution < 1.29 is 0 Å². The van der Waals surface area contributed by atoms with Gasteiger partial charge in [-0.2, -0.15) is 0 Å². The molecular formula is C46H28. The predicted molar refractivity (Wildman–Crippen MR) is 200 cm³/mol. The van der Waals surface area contributed by atoms with E-state index in [4.69, 9.17) is 0 Å². The summed E-state index contributed by atoms with van der Waals surface area (Å²) in [6.07, 6.45) is 0. The van der Waals surface area contributed by atoms with Crippen molar-refractivity contribution in [1.29, 1.82) is 0 Å². The van der Waals surface area contributed by atoms with Crippen LogP contribution in [-0.2, 0) is 0 Å². The van der Waals surface area contributed by atoms with Gasteiger partial charge in [-0.3, -0.25) is 0 Å². The van der Waals surface area contributed by atoms with Crippen molar-refractivity contribution in [1.82, 2.24) is 0 Å². The van der Waals surface area contributed by atoms with E-state index in [1.54, 1.807) is 0 Å². The summed E-state index contributed by atoms with van der Waals surface area (Å²) in [5.74, 6) is 0. The van der Waals surface area contributed by atoms with Gasteiger partial charge in [0.2, 0.25) is 0 Å². The van der Waals surface area contributed by atoms with Gasteiger partial charge in [0.15, 0.2) is 0 Å². The lowest BCUT2D eigenvalue weighted by molar-refractivity contribution is 1.66. The first-order chi connectivity index (χ1) is 22.8. The van der Waals surface area contributed by atoms with E-state index in [0.29, 0.717) is 0 Å². The quantitative estimate of drug-likeness (QED) is 0.178. The highest BCUT2D eigenvalue weighted by Gasteiger charge is 2.10. The number of benzene rings is 10. The molecule has 10 aromatic carbocycles. The van der Waals surface area contributed by atoms with Crippen molar-refractivity contribution in [2.24, 2.45) is 0 Å². The summed E-state index contributed by atoms with van der Waals surface area (Å²) < 4.78 is 0. The smallest absolute Gasteiger partial charge is 0.00266 e. The first-order valence-electron chi connectivity index (χ1n) is 16.0. The van der Waals surface area contributed by atoms with Crippen molar-refractivity contribution in [2.75, 3.05) is 0 Å². The van der Waals surface area contributed by atoms with Gasteiger partial charge in [-0.15, -0.1) is 0 Å². The molecule has 0 aromatic heterocycles. The second-order valence-corrected chi connectivity index (χ2v) is 12.5. The van der Waals surface area contributed by atoms with E-state index < -0.39 is 0 Å². The molecule has 0 bridgehead atoms. The van der Waals surface area contributed by atoms with Crippen LogP contribution < -0.4 is 0 Å². The number of rotatable bonds is 2. The van der Waals surface area contributed by atoms with Crippen LogP contribution in [-0.4, -0.2) is 0 Å². The highest BCUT2D eigenvalue weighted by molar-refractivity contribution is 6.22. The molecule has 0 fully saturated rings. The molecule has 0 aliphatic rings. The van der Waals surface area contributed by atoms with Gasteiger partial charge in [0.05, 0.1) is 0 Å². The Labute approximate surface area is 266 Å². The fourth-order valence-electron chi connectivity index (χ4n) is 7.62. The van der Waals surface area contributed by atoms with Gasteiger partial charge in [0.25, 0.3) is 0 Å². The fourth-order valence-corrected chi connectivity index (χ4v) is 7.62. The number of fused-ring (bicyclic) bond motifs is 11. The monoisotopic (exact) mass is 580 g/mol. The second kappa shape index (κ2) is 9.76. The summed E-state index contributed by atoms with van der Waals surface area (Å²) in [5, 5.41) is 18.0. The van der Waals surface area contributed by atoms with Gasteiger partial charge in [-0.05, 0) is 122 Å². The highest BCUT2D eigenvalue weighted by atomic mass is 14.1. The van der Waals surface area contributed by atoms with Gasteiger partial charge in [0, 0.05) is 0 Å². The van der Waals surface area contributed by atoms with Gasteiger partial charge in [-0.25, -0.2) is 0 Å². The highest BCUT2D eigenvalue weighted by Crippen LogP contribution is 2.38. The molecule has 0 aliphatic carbocycles. The Bertz CT molecular complexity index is 2650. The Morgan fingerprint density at radius 2 is 0.522 bits per heavy atom. The third kappa shape index (κ3) is 3.87. The molecule has 0 amide bonds. The van der Waals surface area contributed by atoms with E-state index in [0.717, 1.165) is 0 Å². The zero-order valence-electron chi connectivity index (χ0n) is 25.2. The normalized spacial score (nSPS) is 11.9. The predicted octanol–water partition coefficient (Wildman–Crippen LogP) is 13.1. The standard InChI is InChI=1S/C46H28/c1-3-7-41-30(5-1)11-17-34-19-13-32-15-23-38(27-43(32)45(34)41)36-21-9-29-10-22-37(26-40(29)25-36)39-24-16-33-14-20-35-18-12-31-6-2-4-8-42(31)46(35)44(33)28-39/h1-28H. The Kier molecular flexibility index (Phi) is 5.38. The molecule has 0 aliphatic heterocycles. The summed E-state index contributed by atoms with van der Waals surface area (Å²) in [5.41, 5.74) is 4.95. The van der Waals surface area contributed by atoms with E-state index >= 15 is 0 Å². The maximum absolute atomic E-state index is 2.38. The Morgan fingerprint density at radius 3 is 0.978 bits per heavy atom. The Hall–Kier alpha value is -5.98. The maximum Gasteiger partial charge on any atom is -0.00266 e. The van der Waals surface area contributed by atoms with Crippen molar-refractivity contribution in [3.05, 3.63) is 170 Å². The van der Waals surface area contributed by atoms with Crippen LogP contribution in [0.2, 0.25) is 0 Å². The Balaban J connectivity index is 1.13. The van der Waals surface area contributed by atoms with Crippen LogP contribution >= 0.6 is 0 Å². The molecule has 0 unspecified atom stereocenters. The summed E-state index contributed by atoms with van der Waals surface area (Å²) in [4.78, 5) is 0. The molecule has 0 spiro atoms. The minimum Gasteiger partial charge on any atom is -0.0616 e. The van der Waals surface area contributed by atoms with E-state index in [-0.39, 0.29) is 0 Å². The zero-order valence-corrected chi connectivity index (χ0v) is 25.2. The number of hydrogen-bond donors (Lipinski definition) is 0. The first-order valence-corrected chi connectivity index (χ1v) is 16.0. The van der Waals surface area contributed by atoms with Crippen molar-refractivity contribution in [3.8, 4) is 22.3 Å². The van der Waals surface area contributed by atoms with Gasteiger partial charge in [0.1, 0.15) is 0 Å². The second-order valence-electron chi connectivity index (χ2n) is 12.5. The lowest BCUT2D eigenvalue weighted by Gasteiger charge is -2.12. The minimum absolute atomic E-state index is 1.24. The largest absolute Gasteiger partial charge is 0.0616 e. The molecule has 46 heavy (non-hydrogen) atoms. The molecule has 0 heteroatoms. The van der Waals surface area contributed by atoms with Crippen molar-refractivity contribution in [2.45, 2.75) is 0 Å². The van der Waals surface area contributed by atoms with Crippen LogP contribution in [0, 0.1) is 0 Å². The van der Waals surface area contributed by atoms with E-state index in [1.165, 1.54) is 97.7 Å². The molecular weight excluding hydrogens is 553 g/mol. The molecule has 0 saturated carbocycles. The fraction of sp³-hybridized carbons (Fsp3) is 0. The van der Waals surface area contributed by atoms with Crippen LogP contribution in [0.4, 0.5) is 0 Å². The lowest BCUT2D eigenvalue weighted by atomic mass is 9.92. The summed E-state index contributed by atoms with van der Waals surface area (Å²) in [6, 6.07) is 63.0. The Morgan fingerprint density at radius 1 is 0.196 bits per heavy atom. The van der Waals surface area contributed by atoms with E-state index in [2.05, 4.69) is 170 Å². The summed E-state index contributed by atoms with van der Waals surface area (Å²) >= 11 is 0. The number of hydrogen-bond acceptors (Lipinski definition) is 0. The van der Waals surface area contributed by atoms with Gasteiger partial charge < -0.3 is 0 Å². The molecule has 0 heterocycles. The molecule has 0 N–H and O–H groups in total. The molecule has 0 nitrogen and oxygen atoms in total. The molecule has 10 aromatic rings. The summed E-state index contributed by atoms with van der Waals surface area (Å²) in [6.45, 7) is 0. The molecule has 0 atom stereocenters. The van der Waals surface area contributed by atoms with Crippen LogP contribution in [0.5, 0.6) is 0 Å². The van der Waals surface area contributed by atoms with Gasteiger partial charge >= 0.3 is 0 Å². The SMILES string of the molecule is c1ccc2c(c1)ccc1ccc3ccc(-c4ccc5ccc(-c6ccc7ccc8ccc9ccccc9c8c7c6)cc5c4)cc3c12. The molecule has 10 rings (SSSR count). The third-order valence-corrected chi connectivity index (χ3v) is 9.96. The molecule has 0 radical (unpaired) electrons. The topological polar surface area (TPSA) is 0 Å². The van der Waals surface area contributed by atoms with Crippen molar-refractivity contribution >= 4 is 75.4 Å². The average molecular weight is 581 g/mol. The van der Waals surface area contributed by atoms with Crippen LogP contribution in [0.1, 0.15) is 0 Å². The van der Waals surface area contributed by atoms with E-state index in [9.17, 15) is 0 Å². The van der Waals surface area contributed by atoms with Crippen LogP contribution in [0.15, 0.2) is 170 Å². The third-order valence-electron chi connectivity index (χ3n) is 9.96. The summed E-state index contributed by atoms with van der Waals surface area (Å²) in [7, 11) is 0. The van der Waals surface area contributed by atoms with Gasteiger partial charge in [-0.1, -0.05) is 146 Å². The first kappa shape index (κ1) is 25.4. The average Bonchev–Trinajstić information content (AvgIpc) is 3.13. The van der Waals surface area contributed by atoms with Crippen LogP contribution in [0.25, 0.3) is 97.7 Å². The zero-order chi connectivity index (χ0) is 30.2. The van der Waals surface area contributed by atoms with Crippen molar-refractivity contribution in [3.63, 3.8) is 0 Å². The van der Waals surface area contributed by atoms with E-state index in [1.807, 2.05) is 0 Å². The lowest BCUT2D eigenvalue weighted by Crippen LogP contribution is -1.85. The van der Waals surface area contributed by atoms with Crippen LogP contribution in [0.3, 0.4) is 0 Å². The molecule has 0 saturated heterocycles. The maximum atomic E-state index is 2.38. The minimum atomic E-state index is 1.24.